The quantitative estimate of drug-likeness (QED) is 0.923. The second-order valence-electron chi connectivity index (χ2n) is 4.93. The van der Waals surface area contributed by atoms with Gasteiger partial charge in [-0.3, -0.25) is 14.8 Å². The second kappa shape index (κ2) is 8.68. The average Bonchev–Trinajstić information content (AvgIpc) is 2.48. The van der Waals surface area contributed by atoms with Crippen molar-refractivity contribution < 1.29 is 4.79 Å². The van der Waals surface area contributed by atoms with Crippen molar-refractivity contribution in [3.8, 4) is 0 Å². The van der Waals surface area contributed by atoms with Crippen LogP contribution in [0.25, 0.3) is 0 Å². The fourth-order valence-corrected chi connectivity index (χ4v) is 2.03. The summed E-state index contributed by atoms with van der Waals surface area (Å²) in [7, 11) is 1.71. The number of carbonyl (C=O) groups is 1. The van der Waals surface area contributed by atoms with Crippen molar-refractivity contribution in [1.29, 1.82) is 0 Å². The molecular formula is C15H20Cl2N4O. The van der Waals surface area contributed by atoms with Crippen molar-refractivity contribution in [2.75, 3.05) is 7.05 Å². The summed E-state index contributed by atoms with van der Waals surface area (Å²) in [6.45, 7) is 2.10. The van der Waals surface area contributed by atoms with Gasteiger partial charge in [0, 0.05) is 19.4 Å². The Morgan fingerprint density at radius 1 is 1.23 bits per heavy atom. The molecule has 2 aromatic rings. The van der Waals surface area contributed by atoms with Gasteiger partial charge in [0.1, 0.15) is 5.54 Å². The molecule has 0 bridgehead atoms. The molecule has 0 saturated carbocycles. The zero-order chi connectivity index (χ0) is 14.6. The lowest BCUT2D eigenvalue weighted by atomic mass is 9.92. The van der Waals surface area contributed by atoms with Crippen LogP contribution < -0.4 is 5.73 Å². The number of halogens is 2. The molecule has 0 saturated heterocycles. The second-order valence-corrected chi connectivity index (χ2v) is 4.93. The van der Waals surface area contributed by atoms with Crippen molar-refractivity contribution in [3.63, 3.8) is 0 Å². The van der Waals surface area contributed by atoms with Gasteiger partial charge in [-0.05, 0) is 12.5 Å². The molecule has 0 aliphatic heterocycles. The van der Waals surface area contributed by atoms with E-state index in [1.807, 2.05) is 30.3 Å². The van der Waals surface area contributed by atoms with Gasteiger partial charge >= 0.3 is 0 Å². The van der Waals surface area contributed by atoms with Crippen molar-refractivity contribution >= 4 is 30.7 Å². The maximum absolute atomic E-state index is 12.5. The van der Waals surface area contributed by atoms with Crippen LogP contribution in [-0.2, 0) is 16.9 Å². The molecule has 1 amide bonds. The summed E-state index contributed by atoms with van der Waals surface area (Å²) in [4.78, 5) is 22.2. The van der Waals surface area contributed by atoms with Crippen LogP contribution in [-0.4, -0.2) is 27.8 Å². The smallest absolute Gasteiger partial charge is 0.247 e. The summed E-state index contributed by atoms with van der Waals surface area (Å²) < 4.78 is 0. The van der Waals surface area contributed by atoms with E-state index < -0.39 is 5.54 Å². The van der Waals surface area contributed by atoms with E-state index in [0.717, 1.165) is 11.3 Å². The molecule has 1 aromatic heterocycles. The van der Waals surface area contributed by atoms with Gasteiger partial charge in [-0.2, -0.15) is 0 Å². The highest BCUT2D eigenvalue weighted by molar-refractivity contribution is 5.86. The summed E-state index contributed by atoms with van der Waals surface area (Å²) >= 11 is 0. The van der Waals surface area contributed by atoms with Crippen molar-refractivity contribution in [2.24, 2.45) is 5.73 Å². The number of aromatic nitrogens is 2. The number of nitrogens with zero attached hydrogens (tertiary/aromatic N) is 3. The minimum atomic E-state index is -1.06. The van der Waals surface area contributed by atoms with E-state index in [2.05, 4.69) is 9.97 Å². The van der Waals surface area contributed by atoms with E-state index >= 15 is 0 Å². The van der Waals surface area contributed by atoms with Gasteiger partial charge in [-0.15, -0.1) is 24.8 Å². The summed E-state index contributed by atoms with van der Waals surface area (Å²) in [6.07, 6.45) is 4.84. The molecule has 1 heterocycles. The third kappa shape index (κ3) is 4.66. The number of amides is 1. The minimum absolute atomic E-state index is 0. The number of likely N-dealkylation sites (N-methyl/N-ethyl adjacent to an activating group) is 1. The summed E-state index contributed by atoms with van der Waals surface area (Å²) in [6, 6.07) is 9.35. The van der Waals surface area contributed by atoms with Crippen molar-refractivity contribution in [2.45, 2.75) is 19.0 Å². The van der Waals surface area contributed by atoms with E-state index in [0.29, 0.717) is 6.54 Å². The van der Waals surface area contributed by atoms with Crippen LogP contribution in [0, 0.1) is 0 Å². The Morgan fingerprint density at radius 2 is 1.86 bits per heavy atom. The van der Waals surface area contributed by atoms with Gasteiger partial charge in [-0.1, -0.05) is 30.3 Å². The van der Waals surface area contributed by atoms with Crippen LogP contribution >= 0.6 is 24.8 Å². The average molecular weight is 343 g/mol. The monoisotopic (exact) mass is 342 g/mol. The van der Waals surface area contributed by atoms with Crippen LogP contribution in [0.5, 0.6) is 0 Å². The highest BCUT2D eigenvalue weighted by Gasteiger charge is 2.33. The molecule has 120 valence electrons. The first-order valence-corrected chi connectivity index (χ1v) is 6.36. The first-order valence-electron chi connectivity index (χ1n) is 6.36. The van der Waals surface area contributed by atoms with Crippen LogP contribution in [0.3, 0.4) is 0 Å². The molecular weight excluding hydrogens is 323 g/mol. The number of carbonyl (C=O) groups excluding carboxylic acids is 1. The standard InChI is InChI=1S/C15H18N4O.2ClH/c1-15(16,12-6-4-3-5-7-12)14(20)19(2)11-13-10-17-8-9-18-13;;/h3-10H,11,16H2,1-2H3;2*1H. The summed E-state index contributed by atoms with van der Waals surface area (Å²) in [5.41, 5.74) is 6.67. The molecule has 1 atom stereocenters. The number of benzene rings is 1. The van der Waals surface area contributed by atoms with Crippen molar-refractivity contribution in [1.82, 2.24) is 14.9 Å². The van der Waals surface area contributed by atoms with Crippen LogP contribution in [0.2, 0.25) is 0 Å². The van der Waals surface area contributed by atoms with Crippen LogP contribution in [0.1, 0.15) is 18.2 Å². The van der Waals surface area contributed by atoms with E-state index in [1.54, 1.807) is 37.5 Å². The Balaban J connectivity index is 0.00000220. The Kier molecular flexibility index (Phi) is 8.01. The van der Waals surface area contributed by atoms with Gasteiger partial charge in [0.05, 0.1) is 18.4 Å². The number of hydrogen-bond donors (Lipinski definition) is 1. The molecule has 2 rings (SSSR count). The van der Waals surface area contributed by atoms with Crippen molar-refractivity contribution in [3.05, 3.63) is 60.2 Å². The van der Waals surface area contributed by atoms with E-state index in [9.17, 15) is 4.79 Å². The summed E-state index contributed by atoms with van der Waals surface area (Å²) in [5, 5.41) is 0. The molecule has 0 aliphatic rings. The van der Waals surface area contributed by atoms with Gasteiger partial charge in [0.25, 0.3) is 0 Å². The molecule has 1 aromatic carbocycles. The Morgan fingerprint density at radius 3 is 2.41 bits per heavy atom. The third-order valence-corrected chi connectivity index (χ3v) is 3.18. The lowest BCUT2D eigenvalue weighted by molar-refractivity contribution is -0.136. The molecule has 5 nitrogen and oxygen atoms in total. The van der Waals surface area contributed by atoms with E-state index in [4.69, 9.17) is 5.73 Å². The lowest BCUT2D eigenvalue weighted by Gasteiger charge is -2.29. The molecule has 2 N–H and O–H groups in total. The van der Waals surface area contributed by atoms with Crippen LogP contribution in [0.15, 0.2) is 48.9 Å². The molecule has 0 spiro atoms. The first-order chi connectivity index (χ1) is 9.51. The normalized spacial score (nSPS) is 12.3. The Labute approximate surface area is 142 Å². The molecule has 0 radical (unpaired) electrons. The largest absolute Gasteiger partial charge is 0.338 e. The number of nitrogens with two attached hydrogens (primary N) is 1. The lowest BCUT2D eigenvalue weighted by Crippen LogP contribution is -2.49. The maximum Gasteiger partial charge on any atom is 0.247 e. The topological polar surface area (TPSA) is 72.1 Å². The predicted molar refractivity (Wildman–Crippen MR) is 91.0 cm³/mol. The van der Waals surface area contributed by atoms with E-state index in [-0.39, 0.29) is 30.7 Å². The fraction of sp³-hybridized carbons (Fsp3) is 0.267. The van der Waals surface area contributed by atoms with E-state index in [1.165, 1.54) is 0 Å². The van der Waals surface area contributed by atoms with Gasteiger partial charge in [0.15, 0.2) is 0 Å². The first kappa shape index (κ1) is 20.3. The molecule has 0 aliphatic carbocycles. The van der Waals surface area contributed by atoms with Gasteiger partial charge < -0.3 is 10.6 Å². The molecule has 0 fully saturated rings. The highest BCUT2D eigenvalue weighted by atomic mass is 35.5. The minimum Gasteiger partial charge on any atom is -0.338 e. The summed E-state index contributed by atoms with van der Waals surface area (Å²) in [5.74, 6) is -0.158. The predicted octanol–water partition coefficient (Wildman–Crippen LogP) is 2.15. The highest BCUT2D eigenvalue weighted by Crippen LogP contribution is 2.20. The SMILES string of the molecule is CN(Cc1cnccn1)C(=O)C(C)(N)c1ccccc1.Cl.Cl. The Hall–Kier alpha value is -1.69. The number of hydrogen-bond acceptors (Lipinski definition) is 4. The van der Waals surface area contributed by atoms with Crippen LogP contribution in [0.4, 0.5) is 0 Å². The Bertz CT molecular complexity index is 579. The third-order valence-electron chi connectivity index (χ3n) is 3.18. The van der Waals surface area contributed by atoms with Gasteiger partial charge in [-0.25, -0.2) is 0 Å². The molecule has 7 heteroatoms. The maximum atomic E-state index is 12.5. The molecule has 22 heavy (non-hydrogen) atoms. The zero-order valence-corrected chi connectivity index (χ0v) is 14.1. The fourth-order valence-electron chi connectivity index (χ4n) is 2.03. The van der Waals surface area contributed by atoms with Gasteiger partial charge in [0.2, 0.25) is 5.91 Å². The molecule has 1 unspecified atom stereocenters. The zero-order valence-electron chi connectivity index (χ0n) is 12.5. The number of rotatable bonds is 4.